The van der Waals surface area contributed by atoms with Gasteiger partial charge in [0.15, 0.2) is 11.5 Å². The standard InChI is InChI=1S/C12H12O5/c13-6-2-1-5-9(10(6)14)12-8(17-12)4-15-3-7-11(5)16-7/h1-2,7-8,11-14H,3-4H2. The third-order valence-corrected chi connectivity index (χ3v) is 3.55. The van der Waals surface area contributed by atoms with Crippen LogP contribution in [0.5, 0.6) is 11.5 Å². The van der Waals surface area contributed by atoms with Crippen molar-refractivity contribution in [1.82, 2.24) is 0 Å². The van der Waals surface area contributed by atoms with Crippen LogP contribution in [0.3, 0.4) is 0 Å². The monoisotopic (exact) mass is 236 g/mol. The van der Waals surface area contributed by atoms with E-state index < -0.39 is 0 Å². The lowest BCUT2D eigenvalue weighted by Crippen LogP contribution is -2.06. The lowest BCUT2D eigenvalue weighted by Gasteiger charge is -2.08. The number of epoxide rings is 2. The molecule has 4 rings (SSSR count). The first-order valence-electron chi connectivity index (χ1n) is 5.69. The smallest absolute Gasteiger partial charge is 0.163 e. The van der Waals surface area contributed by atoms with Crippen molar-refractivity contribution in [3.8, 4) is 11.5 Å². The summed E-state index contributed by atoms with van der Waals surface area (Å²) in [5.41, 5.74) is 1.57. The van der Waals surface area contributed by atoms with E-state index in [2.05, 4.69) is 0 Å². The number of benzene rings is 1. The predicted octanol–water partition coefficient (Wildman–Crippen LogP) is 1.01. The van der Waals surface area contributed by atoms with Crippen LogP contribution in [-0.4, -0.2) is 35.6 Å². The lowest BCUT2D eigenvalue weighted by molar-refractivity contribution is 0.102. The zero-order chi connectivity index (χ0) is 11.6. The maximum atomic E-state index is 9.96. The number of phenols is 2. The van der Waals surface area contributed by atoms with Gasteiger partial charge in [0.2, 0.25) is 0 Å². The maximum absolute atomic E-state index is 9.96. The summed E-state index contributed by atoms with van der Waals surface area (Å²) < 4.78 is 16.4. The van der Waals surface area contributed by atoms with Gasteiger partial charge < -0.3 is 24.4 Å². The first-order chi connectivity index (χ1) is 8.25. The molecular formula is C12H12O5. The van der Waals surface area contributed by atoms with Crippen LogP contribution in [0.1, 0.15) is 23.3 Å². The third kappa shape index (κ3) is 1.36. The Morgan fingerprint density at radius 1 is 1.00 bits per heavy atom. The number of ether oxygens (including phenoxy) is 3. The maximum Gasteiger partial charge on any atom is 0.163 e. The molecule has 3 aliphatic heterocycles. The summed E-state index contributed by atoms with van der Waals surface area (Å²) in [7, 11) is 0. The molecule has 5 nitrogen and oxygen atoms in total. The topological polar surface area (TPSA) is 74.8 Å². The van der Waals surface area contributed by atoms with Crippen LogP contribution < -0.4 is 0 Å². The summed E-state index contributed by atoms with van der Waals surface area (Å²) in [6, 6.07) is 3.28. The van der Waals surface area contributed by atoms with Crippen molar-refractivity contribution in [2.24, 2.45) is 0 Å². The molecule has 2 N–H and O–H groups in total. The molecule has 0 aromatic heterocycles. The second-order valence-corrected chi connectivity index (χ2v) is 4.66. The molecule has 0 saturated carbocycles. The molecule has 90 valence electrons. The molecule has 17 heavy (non-hydrogen) atoms. The van der Waals surface area contributed by atoms with Crippen LogP contribution in [0.25, 0.3) is 0 Å². The van der Waals surface area contributed by atoms with Crippen LogP contribution in [-0.2, 0) is 14.2 Å². The van der Waals surface area contributed by atoms with E-state index in [1.165, 1.54) is 6.07 Å². The summed E-state index contributed by atoms with van der Waals surface area (Å²) in [5, 5.41) is 19.5. The van der Waals surface area contributed by atoms with E-state index in [-0.39, 0.29) is 35.9 Å². The van der Waals surface area contributed by atoms with Crippen molar-refractivity contribution < 1.29 is 24.4 Å². The number of phenolic OH excluding ortho intramolecular Hbond substituents is 2. The molecule has 4 unspecified atom stereocenters. The highest BCUT2D eigenvalue weighted by Crippen LogP contribution is 2.53. The van der Waals surface area contributed by atoms with Gasteiger partial charge in [0, 0.05) is 5.56 Å². The van der Waals surface area contributed by atoms with Crippen LogP contribution >= 0.6 is 0 Å². The minimum Gasteiger partial charge on any atom is -0.504 e. The largest absolute Gasteiger partial charge is 0.504 e. The van der Waals surface area contributed by atoms with E-state index in [1.807, 2.05) is 0 Å². The minimum absolute atomic E-state index is 0.0149. The molecule has 0 amide bonds. The fourth-order valence-corrected chi connectivity index (χ4v) is 2.53. The minimum atomic E-state index is -0.181. The van der Waals surface area contributed by atoms with Crippen LogP contribution in [0.4, 0.5) is 0 Å². The van der Waals surface area contributed by atoms with Gasteiger partial charge in [-0.1, -0.05) is 6.07 Å². The van der Waals surface area contributed by atoms with Crippen molar-refractivity contribution in [2.45, 2.75) is 24.4 Å². The number of hydrogen-bond acceptors (Lipinski definition) is 5. The molecule has 1 aromatic carbocycles. The Morgan fingerprint density at radius 2 is 1.71 bits per heavy atom. The van der Waals surface area contributed by atoms with Gasteiger partial charge in [0.05, 0.1) is 13.2 Å². The van der Waals surface area contributed by atoms with E-state index in [1.54, 1.807) is 6.07 Å². The third-order valence-electron chi connectivity index (χ3n) is 3.55. The fraction of sp³-hybridized carbons (Fsp3) is 0.500. The SMILES string of the molecule is Oc1ccc2c(c1O)C1OC1COCC1OC21. The van der Waals surface area contributed by atoms with Crippen molar-refractivity contribution in [2.75, 3.05) is 13.2 Å². The van der Waals surface area contributed by atoms with Gasteiger partial charge in [-0.3, -0.25) is 0 Å². The highest BCUT2D eigenvalue weighted by atomic mass is 16.6. The summed E-state index contributed by atoms with van der Waals surface area (Å²) in [5.74, 6) is -0.207. The zero-order valence-corrected chi connectivity index (χ0v) is 9.00. The highest BCUT2D eigenvalue weighted by molar-refractivity contribution is 5.53. The second-order valence-electron chi connectivity index (χ2n) is 4.66. The van der Waals surface area contributed by atoms with E-state index in [4.69, 9.17) is 14.2 Å². The quantitative estimate of drug-likeness (QED) is 0.519. The van der Waals surface area contributed by atoms with Gasteiger partial charge in [-0.05, 0) is 11.6 Å². The average Bonchev–Trinajstić information content (AvgIpc) is 3.19. The van der Waals surface area contributed by atoms with Gasteiger partial charge >= 0.3 is 0 Å². The summed E-state index contributed by atoms with van der Waals surface area (Å²) in [6.07, 6.45) is -0.173. The molecule has 4 atom stereocenters. The van der Waals surface area contributed by atoms with Crippen LogP contribution in [0.2, 0.25) is 0 Å². The van der Waals surface area contributed by atoms with E-state index in [0.717, 1.165) is 5.56 Å². The molecule has 0 bridgehead atoms. The number of rotatable bonds is 0. The molecule has 3 aliphatic rings. The molecule has 0 spiro atoms. The Labute approximate surface area is 97.5 Å². The van der Waals surface area contributed by atoms with E-state index >= 15 is 0 Å². The molecule has 3 heterocycles. The predicted molar refractivity (Wildman–Crippen MR) is 55.8 cm³/mol. The lowest BCUT2D eigenvalue weighted by atomic mass is 9.97. The fourth-order valence-electron chi connectivity index (χ4n) is 2.53. The van der Waals surface area contributed by atoms with E-state index in [9.17, 15) is 10.2 Å². The average molecular weight is 236 g/mol. The van der Waals surface area contributed by atoms with Crippen LogP contribution in [0, 0.1) is 0 Å². The van der Waals surface area contributed by atoms with Crippen molar-refractivity contribution in [3.05, 3.63) is 23.3 Å². The van der Waals surface area contributed by atoms with Crippen molar-refractivity contribution in [1.29, 1.82) is 0 Å². The van der Waals surface area contributed by atoms with Gasteiger partial charge in [0.1, 0.15) is 24.4 Å². The molecule has 1 aromatic rings. The van der Waals surface area contributed by atoms with Crippen molar-refractivity contribution >= 4 is 0 Å². The Bertz CT molecular complexity index is 486. The van der Waals surface area contributed by atoms with Gasteiger partial charge in [-0.2, -0.15) is 0 Å². The van der Waals surface area contributed by atoms with Crippen molar-refractivity contribution in [3.63, 3.8) is 0 Å². The second kappa shape index (κ2) is 3.13. The molecule has 2 fully saturated rings. The molecule has 0 aliphatic carbocycles. The zero-order valence-electron chi connectivity index (χ0n) is 9.00. The highest BCUT2D eigenvalue weighted by Gasteiger charge is 2.51. The number of aromatic hydroxyl groups is 2. The van der Waals surface area contributed by atoms with Gasteiger partial charge in [0.25, 0.3) is 0 Å². The number of fused-ring (bicyclic) bond motifs is 5. The Kier molecular flexibility index (Phi) is 1.79. The van der Waals surface area contributed by atoms with E-state index in [0.29, 0.717) is 18.8 Å². The normalized spacial score (nSPS) is 37.9. The summed E-state index contributed by atoms with van der Waals surface area (Å²) in [6.45, 7) is 1.06. The number of hydrogen-bond donors (Lipinski definition) is 2. The molecule has 2 saturated heterocycles. The van der Waals surface area contributed by atoms with Gasteiger partial charge in [-0.15, -0.1) is 0 Å². The first-order valence-corrected chi connectivity index (χ1v) is 5.69. The Balaban J connectivity index is 1.85. The summed E-state index contributed by atoms with van der Waals surface area (Å²) >= 11 is 0. The molecule has 5 heteroatoms. The summed E-state index contributed by atoms with van der Waals surface area (Å²) in [4.78, 5) is 0. The Hall–Kier alpha value is -1.30. The first kappa shape index (κ1) is 9.70. The molecular weight excluding hydrogens is 224 g/mol. The molecule has 0 radical (unpaired) electrons. The van der Waals surface area contributed by atoms with Gasteiger partial charge in [-0.25, -0.2) is 0 Å². The van der Waals surface area contributed by atoms with Crippen LogP contribution in [0.15, 0.2) is 12.1 Å². The Morgan fingerprint density at radius 3 is 2.53 bits per heavy atom.